The molecule has 0 bridgehead atoms. The van der Waals surface area contributed by atoms with Gasteiger partial charge in [-0.1, -0.05) is 0 Å². The zero-order valence-corrected chi connectivity index (χ0v) is 12.6. The van der Waals surface area contributed by atoms with Crippen molar-refractivity contribution in [2.24, 2.45) is 0 Å². The Balaban J connectivity index is 2.42. The molecule has 8 heteroatoms. The molecule has 2 rings (SSSR count). The first-order chi connectivity index (χ1) is 9.91. The number of benzene rings is 1. The number of hydrogen-bond acceptors (Lipinski definition) is 5. The predicted octanol–water partition coefficient (Wildman–Crippen LogP) is 0.941. The average molecular weight is 315 g/mol. The largest absolute Gasteiger partial charge is 0.493 e. The van der Waals surface area contributed by atoms with Gasteiger partial charge in [0.15, 0.2) is 11.5 Å². The van der Waals surface area contributed by atoms with Crippen molar-refractivity contribution >= 4 is 16.0 Å². The number of carboxylic acids is 1. The van der Waals surface area contributed by atoms with Crippen LogP contribution >= 0.6 is 0 Å². The predicted molar refractivity (Wildman–Crippen MR) is 74.1 cm³/mol. The van der Waals surface area contributed by atoms with E-state index >= 15 is 0 Å². The highest BCUT2D eigenvalue weighted by Crippen LogP contribution is 2.32. The first-order valence-electron chi connectivity index (χ1n) is 6.38. The minimum absolute atomic E-state index is 0.00620. The summed E-state index contributed by atoms with van der Waals surface area (Å²) in [7, 11) is -1.02. The van der Waals surface area contributed by atoms with Crippen LogP contribution in [0.1, 0.15) is 12.8 Å². The second kappa shape index (κ2) is 5.90. The van der Waals surface area contributed by atoms with Crippen LogP contribution in [-0.2, 0) is 14.8 Å². The average Bonchev–Trinajstić information content (AvgIpc) is 2.96. The molecule has 0 aliphatic carbocycles. The Morgan fingerprint density at radius 2 is 1.95 bits per heavy atom. The summed E-state index contributed by atoms with van der Waals surface area (Å²) in [5, 5.41) is 9.13. The van der Waals surface area contributed by atoms with E-state index in [1.807, 2.05) is 0 Å². The van der Waals surface area contributed by atoms with Crippen LogP contribution in [-0.4, -0.2) is 50.6 Å². The topological polar surface area (TPSA) is 93.1 Å². The van der Waals surface area contributed by atoms with Gasteiger partial charge in [-0.05, 0) is 25.0 Å². The minimum atomic E-state index is -3.87. The van der Waals surface area contributed by atoms with Crippen LogP contribution < -0.4 is 9.47 Å². The number of nitrogens with zero attached hydrogens (tertiary/aromatic N) is 1. The summed E-state index contributed by atoms with van der Waals surface area (Å²) < 4.78 is 36.3. The third kappa shape index (κ3) is 2.81. The molecule has 0 radical (unpaired) electrons. The van der Waals surface area contributed by atoms with Crippen LogP contribution in [0, 0.1) is 0 Å². The summed E-state index contributed by atoms with van der Waals surface area (Å²) in [6, 6.07) is 3.19. The second-order valence-electron chi connectivity index (χ2n) is 4.63. The van der Waals surface area contributed by atoms with Crippen LogP contribution in [0.5, 0.6) is 11.5 Å². The summed E-state index contributed by atoms with van der Waals surface area (Å²) in [4.78, 5) is 11.2. The van der Waals surface area contributed by atoms with E-state index < -0.39 is 22.0 Å². The number of sulfonamides is 1. The third-order valence-corrected chi connectivity index (χ3v) is 5.35. The fraction of sp³-hybridized carbons (Fsp3) is 0.462. The van der Waals surface area contributed by atoms with Crippen LogP contribution in [0.3, 0.4) is 0 Å². The Morgan fingerprint density at radius 1 is 1.29 bits per heavy atom. The van der Waals surface area contributed by atoms with Crippen molar-refractivity contribution in [3.63, 3.8) is 0 Å². The molecular weight excluding hydrogens is 298 g/mol. The van der Waals surface area contributed by atoms with Gasteiger partial charge in [0.2, 0.25) is 10.0 Å². The summed E-state index contributed by atoms with van der Waals surface area (Å²) in [6.07, 6.45) is 0.853. The monoisotopic (exact) mass is 315 g/mol. The van der Waals surface area contributed by atoms with Gasteiger partial charge in [0.25, 0.3) is 0 Å². The van der Waals surface area contributed by atoms with E-state index in [-0.39, 0.29) is 17.2 Å². The molecule has 0 spiro atoms. The lowest BCUT2D eigenvalue weighted by atomic mass is 10.2. The van der Waals surface area contributed by atoms with Gasteiger partial charge in [0, 0.05) is 12.6 Å². The lowest BCUT2D eigenvalue weighted by Crippen LogP contribution is -2.40. The SMILES string of the molecule is COc1ccc(S(=O)(=O)N2CCC[C@@H]2C(=O)O)cc1OC. The highest BCUT2D eigenvalue weighted by atomic mass is 32.2. The zero-order valence-electron chi connectivity index (χ0n) is 11.8. The van der Waals surface area contributed by atoms with E-state index in [4.69, 9.17) is 14.6 Å². The maximum absolute atomic E-state index is 12.6. The Labute approximate surface area is 123 Å². The van der Waals surface area contributed by atoms with E-state index in [2.05, 4.69) is 0 Å². The number of ether oxygens (including phenoxy) is 2. The Morgan fingerprint density at radius 3 is 2.52 bits per heavy atom. The van der Waals surface area contributed by atoms with E-state index in [1.165, 1.54) is 32.4 Å². The Bertz CT molecular complexity index is 642. The quantitative estimate of drug-likeness (QED) is 0.869. The summed E-state index contributed by atoms with van der Waals surface area (Å²) >= 11 is 0. The van der Waals surface area contributed by atoms with Crippen molar-refractivity contribution in [1.29, 1.82) is 0 Å². The molecule has 116 valence electrons. The van der Waals surface area contributed by atoms with Crippen LogP contribution in [0.25, 0.3) is 0 Å². The Kier molecular flexibility index (Phi) is 4.38. The van der Waals surface area contributed by atoms with Gasteiger partial charge in [-0.3, -0.25) is 4.79 Å². The number of carbonyl (C=O) groups is 1. The van der Waals surface area contributed by atoms with E-state index in [0.717, 1.165) is 4.31 Å². The van der Waals surface area contributed by atoms with Crippen molar-refractivity contribution in [3.8, 4) is 11.5 Å². The van der Waals surface area contributed by atoms with Crippen molar-refractivity contribution in [3.05, 3.63) is 18.2 Å². The van der Waals surface area contributed by atoms with Crippen molar-refractivity contribution in [2.45, 2.75) is 23.8 Å². The van der Waals surface area contributed by atoms with Crippen molar-refractivity contribution < 1.29 is 27.8 Å². The highest BCUT2D eigenvalue weighted by molar-refractivity contribution is 7.89. The molecule has 1 aromatic rings. The van der Waals surface area contributed by atoms with Gasteiger partial charge in [-0.2, -0.15) is 4.31 Å². The zero-order chi connectivity index (χ0) is 15.6. The standard InChI is InChI=1S/C13H17NO6S/c1-19-11-6-5-9(8-12(11)20-2)21(17,18)14-7-3-4-10(14)13(15)16/h5-6,8,10H,3-4,7H2,1-2H3,(H,15,16)/t10-/m1/s1. The smallest absolute Gasteiger partial charge is 0.322 e. The Hall–Kier alpha value is -1.80. The molecule has 1 fully saturated rings. The number of methoxy groups -OCH3 is 2. The first kappa shape index (κ1) is 15.6. The summed E-state index contributed by atoms with van der Waals surface area (Å²) in [6.45, 7) is 0.202. The number of hydrogen-bond donors (Lipinski definition) is 1. The minimum Gasteiger partial charge on any atom is -0.493 e. The van der Waals surface area contributed by atoms with Gasteiger partial charge >= 0.3 is 5.97 Å². The molecule has 1 N–H and O–H groups in total. The van der Waals surface area contributed by atoms with Crippen molar-refractivity contribution in [1.82, 2.24) is 4.31 Å². The normalized spacial score (nSPS) is 19.4. The molecule has 7 nitrogen and oxygen atoms in total. The van der Waals surface area contributed by atoms with Gasteiger partial charge in [-0.25, -0.2) is 8.42 Å². The number of rotatable bonds is 5. The van der Waals surface area contributed by atoms with E-state index in [9.17, 15) is 13.2 Å². The molecule has 0 amide bonds. The van der Waals surface area contributed by atoms with Crippen LogP contribution in [0.4, 0.5) is 0 Å². The van der Waals surface area contributed by atoms with Gasteiger partial charge in [-0.15, -0.1) is 0 Å². The van der Waals surface area contributed by atoms with Gasteiger partial charge in [0.1, 0.15) is 6.04 Å². The molecule has 1 heterocycles. The molecule has 1 aliphatic rings. The lowest BCUT2D eigenvalue weighted by Gasteiger charge is -2.21. The molecule has 21 heavy (non-hydrogen) atoms. The molecule has 1 aliphatic heterocycles. The summed E-state index contributed by atoms with van der Waals surface area (Å²) in [5.41, 5.74) is 0. The molecular formula is C13H17NO6S. The van der Waals surface area contributed by atoms with Crippen LogP contribution in [0.2, 0.25) is 0 Å². The summed E-state index contributed by atoms with van der Waals surface area (Å²) in [5.74, 6) is -0.436. The van der Waals surface area contributed by atoms with Gasteiger partial charge in [0.05, 0.1) is 19.1 Å². The molecule has 0 unspecified atom stereocenters. The number of aliphatic carboxylic acids is 1. The van der Waals surface area contributed by atoms with E-state index in [1.54, 1.807) is 0 Å². The second-order valence-corrected chi connectivity index (χ2v) is 6.52. The molecule has 1 saturated heterocycles. The van der Waals surface area contributed by atoms with Crippen LogP contribution in [0.15, 0.2) is 23.1 Å². The van der Waals surface area contributed by atoms with E-state index in [0.29, 0.717) is 18.6 Å². The first-order valence-corrected chi connectivity index (χ1v) is 7.82. The lowest BCUT2D eigenvalue weighted by molar-refractivity contribution is -0.140. The fourth-order valence-corrected chi connectivity index (χ4v) is 4.05. The highest BCUT2D eigenvalue weighted by Gasteiger charge is 2.39. The molecule has 1 atom stereocenters. The number of carboxylic acid groups (broad SMARTS) is 1. The molecule has 0 aromatic heterocycles. The molecule has 0 saturated carbocycles. The maximum Gasteiger partial charge on any atom is 0.322 e. The fourth-order valence-electron chi connectivity index (χ4n) is 2.39. The van der Waals surface area contributed by atoms with Crippen molar-refractivity contribution in [2.75, 3.05) is 20.8 Å². The maximum atomic E-state index is 12.6. The van der Waals surface area contributed by atoms with Gasteiger partial charge < -0.3 is 14.6 Å². The molecule has 1 aromatic carbocycles. The third-order valence-electron chi connectivity index (χ3n) is 3.45.